The van der Waals surface area contributed by atoms with Gasteiger partial charge in [-0.3, -0.25) is 9.90 Å². The van der Waals surface area contributed by atoms with E-state index in [2.05, 4.69) is 13.8 Å². The zero-order valence-corrected chi connectivity index (χ0v) is 12.9. The van der Waals surface area contributed by atoms with Crippen molar-refractivity contribution in [1.82, 2.24) is 0 Å². The number of carbonyl (C=O) groups excluding carboxylic acids is 1. The zero-order valence-electron chi connectivity index (χ0n) is 12.9. The van der Waals surface area contributed by atoms with E-state index in [0.717, 1.165) is 49.7 Å². The van der Waals surface area contributed by atoms with Crippen molar-refractivity contribution < 1.29 is 9.90 Å². The predicted molar refractivity (Wildman–Crippen MR) is 80.6 cm³/mol. The second-order valence-corrected chi connectivity index (χ2v) is 6.63. The minimum Gasteiger partial charge on any atom is -0.295 e. The van der Waals surface area contributed by atoms with E-state index < -0.39 is 0 Å². The minimum absolute atomic E-state index is 0.0435. The second kappa shape index (κ2) is 5.99. The van der Waals surface area contributed by atoms with E-state index in [1.165, 1.54) is 0 Å². The molecule has 1 radical (unpaired) electrons. The number of fused-ring (bicyclic) bond motifs is 2. The van der Waals surface area contributed by atoms with Crippen LogP contribution in [0, 0.1) is 11.3 Å². The van der Waals surface area contributed by atoms with E-state index in [-0.39, 0.29) is 22.9 Å². The highest BCUT2D eigenvalue weighted by atomic mass is 16.3. The molecule has 2 nitrogen and oxygen atoms in total. The molecular formula is C18H25O2. The molecule has 2 heteroatoms. The van der Waals surface area contributed by atoms with E-state index in [0.29, 0.717) is 0 Å². The van der Waals surface area contributed by atoms with Crippen LogP contribution in [0.3, 0.4) is 0 Å². The molecule has 1 atom stereocenters. The average molecular weight is 273 g/mol. The maximum absolute atomic E-state index is 12.5. The van der Waals surface area contributed by atoms with Crippen LogP contribution in [0.25, 0.3) is 0 Å². The fourth-order valence-corrected chi connectivity index (χ4v) is 3.66. The predicted octanol–water partition coefficient (Wildman–Crippen LogP) is 4.75. The standard InChI is InChI=1S/C18H25O2/c1-13-11-12-14-15(19)9-7-5-4-6-8-10-16(20)17(13)18(14,2)3/h8-10,14H,4-7,11-12H2,1-3H3/b10-8+,15-9?. The number of ketones is 1. The van der Waals surface area contributed by atoms with Crippen LogP contribution >= 0.6 is 0 Å². The summed E-state index contributed by atoms with van der Waals surface area (Å²) in [7, 11) is 0. The molecule has 0 amide bonds. The summed E-state index contributed by atoms with van der Waals surface area (Å²) in [6.07, 6.45) is 11.2. The molecule has 0 aromatic carbocycles. The van der Waals surface area contributed by atoms with E-state index in [9.17, 15) is 9.90 Å². The lowest BCUT2D eigenvalue weighted by Crippen LogP contribution is -2.35. The SMILES string of the molecule is CC1=C2C(=O)/C=C/CCCCC=C([O])C(CC1)C2(C)C. The van der Waals surface area contributed by atoms with Gasteiger partial charge in [0.2, 0.25) is 0 Å². The fraction of sp³-hybridized carbons (Fsp3) is 0.611. The van der Waals surface area contributed by atoms with Gasteiger partial charge in [-0.05, 0) is 57.6 Å². The maximum atomic E-state index is 12.5. The van der Waals surface area contributed by atoms with Gasteiger partial charge in [0.1, 0.15) is 0 Å². The Morgan fingerprint density at radius 1 is 1.20 bits per heavy atom. The highest BCUT2D eigenvalue weighted by molar-refractivity contribution is 6.05. The molecule has 1 unspecified atom stereocenters. The Kier molecular flexibility index (Phi) is 4.52. The molecule has 2 aliphatic rings. The minimum atomic E-state index is -0.351. The van der Waals surface area contributed by atoms with Crippen molar-refractivity contribution in [3.63, 3.8) is 0 Å². The van der Waals surface area contributed by atoms with Gasteiger partial charge in [-0.1, -0.05) is 25.5 Å². The summed E-state index contributed by atoms with van der Waals surface area (Å²) in [5.41, 5.74) is 1.68. The van der Waals surface area contributed by atoms with Gasteiger partial charge in [-0.25, -0.2) is 0 Å². The Morgan fingerprint density at radius 3 is 2.65 bits per heavy atom. The molecule has 109 valence electrons. The molecule has 2 bridgehead atoms. The molecule has 0 aliphatic heterocycles. The number of carbonyl (C=O) groups is 1. The molecular weight excluding hydrogens is 248 g/mol. The third kappa shape index (κ3) is 2.89. The van der Waals surface area contributed by atoms with Gasteiger partial charge in [0.15, 0.2) is 11.5 Å². The first-order chi connectivity index (χ1) is 9.44. The average Bonchev–Trinajstić information content (AvgIpc) is 2.35. The number of allylic oxidation sites excluding steroid dienone is 6. The Bertz CT molecular complexity index is 478. The van der Waals surface area contributed by atoms with Crippen LogP contribution < -0.4 is 0 Å². The quantitative estimate of drug-likeness (QED) is 0.627. The first kappa shape index (κ1) is 15.1. The molecule has 0 fully saturated rings. The molecule has 0 saturated carbocycles. The molecule has 2 aliphatic carbocycles. The number of rotatable bonds is 0. The zero-order chi connectivity index (χ0) is 14.8. The van der Waals surface area contributed by atoms with Gasteiger partial charge in [0.25, 0.3) is 0 Å². The van der Waals surface area contributed by atoms with Crippen LogP contribution in [0.1, 0.15) is 59.3 Å². The number of hydrogen-bond acceptors (Lipinski definition) is 1. The van der Waals surface area contributed by atoms with Crippen molar-refractivity contribution in [1.29, 1.82) is 0 Å². The molecule has 0 aromatic rings. The van der Waals surface area contributed by atoms with Crippen molar-refractivity contribution in [2.24, 2.45) is 11.3 Å². The third-order valence-electron chi connectivity index (χ3n) is 4.78. The Morgan fingerprint density at radius 2 is 1.90 bits per heavy atom. The van der Waals surface area contributed by atoms with Crippen LogP contribution in [-0.2, 0) is 9.90 Å². The summed E-state index contributed by atoms with van der Waals surface area (Å²) in [5.74, 6) is 0.293. The lowest BCUT2D eigenvalue weighted by Gasteiger charge is -2.39. The van der Waals surface area contributed by atoms with Gasteiger partial charge >= 0.3 is 0 Å². The second-order valence-electron chi connectivity index (χ2n) is 6.63. The van der Waals surface area contributed by atoms with Crippen LogP contribution in [0.2, 0.25) is 0 Å². The Labute approximate surface area is 122 Å². The van der Waals surface area contributed by atoms with Gasteiger partial charge in [0.05, 0.1) is 0 Å². The summed E-state index contributed by atoms with van der Waals surface area (Å²) in [6, 6.07) is 0. The monoisotopic (exact) mass is 273 g/mol. The summed E-state index contributed by atoms with van der Waals surface area (Å²) >= 11 is 0. The molecule has 0 spiro atoms. The van der Waals surface area contributed by atoms with E-state index in [1.54, 1.807) is 6.08 Å². The highest BCUT2D eigenvalue weighted by Gasteiger charge is 2.42. The van der Waals surface area contributed by atoms with Crippen LogP contribution in [-0.4, -0.2) is 5.78 Å². The van der Waals surface area contributed by atoms with Gasteiger partial charge in [-0.15, -0.1) is 0 Å². The first-order valence-electron chi connectivity index (χ1n) is 7.72. The maximum Gasteiger partial charge on any atom is 0.182 e. The lowest BCUT2D eigenvalue weighted by atomic mass is 9.63. The summed E-state index contributed by atoms with van der Waals surface area (Å²) in [4.78, 5) is 12.5. The van der Waals surface area contributed by atoms with Crippen molar-refractivity contribution in [2.75, 3.05) is 0 Å². The highest BCUT2D eigenvalue weighted by Crippen LogP contribution is 2.48. The number of hydrogen-bond donors (Lipinski definition) is 0. The Balaban J connectivity index is 2.46. The van der Waals surface area contributed by atoms with E-state index >= 15 is 0 Å². The van der Waals surface area contributed by atoms with E-state index in [1.807, 2.05) is 19.1 Å². The van der Waals surface area contributed by atoms with Gasteiger partial charge in [0, 0.05) is 16.9 Å². The Hall–Kier alpha value is -1.31. The fourth-order valence-electron chi connectivity index (χ4n) is 3.66. The van der Waals surface area contributed by atoms with Crippen molar-refractivity contribution >= 4 is 5.78 Å². The van der Waals surface area contributed by atoms with E-state index in [4.69, 9.17) is 0 Å². The molecule has 0 aromatic heterocycles. The lowest BCUT2D eigenvalue weighted by molar-refractivity contribution is -0.112. The summed E-state index contributed by atoms with van der Waals surface area (Å²) in [5, 5.41) is 12.5. The smallest absolute Gasteiger partial charge is 0.182 e. The molecule has 20 heavy (non-hydrogen) atoms. The van der Waals surface area contributed by atoms with Crippen LogP contribution in [0.15, 0.2) is 35.1 Å². The van der Waals surface area contributed by atoms with Gasteiger partial charge < -0.3 is 0 Å². The van der Waals surface area contributed by atoms with Crippen molar-refractivity contribution in [3.05, 3.63) is 35.1 Å². The van der Waals surface area contributed by atoms with Gasteiger partial charge in [-0.2, -0.15) is 0 Å². The molecule has 0 N–H and O–H groups in total. The van der Waals surface area contributed by atoms with Crippen molar-refractivity contribution in [3.8, 4) is 0 Å². The largest absolute Gasteiger partial charge is 0.295 e. The van der Waals surface area contributed by atoms with Crippen LogP contribution in [0.5, 0.6) is 0 Å². The molecule has 0 saturated heterocycles. The topological polar surface area (TPSA) is 37.0 Å². The molecule has 0 heterocycles. The van der Waals surface area contributed by atoms with Crippen LogP contribution in [0.4, 0.5) is 0 Å². The van der Waals surface area contributed by atoms with Crippen molar-refractivity contribution in [2.45, 2.75) is 59.3 Å². The summed E-state index contributed by atoms with van der Waals surface area (Å²) in [6.45, 7) is 6.15. The third-order valence-corrected chi connectivity index (χ3v) is 4.78. The summed E-state index contributed by atoms with van der Waals surface area (Å²) < 4.78 is 0. The first-order valence-corrected chi connectivity index (χ1v) is 7.72. The normalized spacial score (nSPS) is 29.2. The molecule has 2 rings (SSSR count).